The molecule has 1 unspecified atom stereocenters. The summed E-state index contributed by atoms with van der Waals surface area (Å²) in [5, 5.41) is 0. The summed E-state index contributed by atoms with van der Waals surface area (Å²) >= 11 is 1.89. The lowest BCUT2D eigenvalue weighted by Crippen LogP contribution is -2.33. The Bertz CT molecular complexity index is 380. The lowest BCUT2D eigenvalue weighted by atomic mass is 10.0. The molecule has 1 aliphatic rings. The van der Waals surface area contributed by atoms with Crippen LogP contribution in [-0.4, -0.2) is 25.0 Å². The second kappa shape index (κ2) is 6.18. The third-order valence-electron chi connectivity index (χ3n) is 4.21. The minimum atomic E-state index is 0.399. The van der Waals surface area contributed by atoms with Gasteiger partial charge in [0.2, 0.25) is 0 Å². The van der Waals surface area contributed by atoms with E-state index in [1.165, 1.54) is 47.5 Å². The highest BCUT2D eigenvalue weighted by atomic mass is 32.1. The maximum absolute atomic E-state index is 6.02. The van der Waals surface area contributed by atoms with Crippen molar-refractivity contribution in [2.24, 2.45) is 11.7 Å². The Morgan fingerprint density at radius 3 is 2.56 bits per heavy atom. The van der Waals surface area contributed by atoms with Crippen LogP contribution in [0.4, 0.5) is 0 Å². The number of hydrogen-bond acceptors (Lipinski definition) is 3. The van der Waals surface area contributed by atoms with E-state index in [1.54, 1.807) is 0 Å². The molecule has 1 aromatic heterocycles. The summed E-state index contributed by atoms with van der Waals surface area (Å²) in [7, 11) is 2.24. The monoisotopic (exact) mass is 266 g/mol. The number of thiophene rings is 1. The van der Waals surface area contributed by atoms with Gasteiger partial charge in [-0.2, -0.15) is 0 Å². The van der Waals surface area contributed by atoms with Gasteiger partial charge in [0.25, 0.3) is 0 Å². The molecule has 18 heavy (non-hydrogen) atoms. The van der Waals surface area contributed by atoms with Crippen molar-refractivity contribution in [3.8, 4) is 0 Å². The molecular weight excluding hydrogens is 240 g/mol. The molecule has 2 N–H and O–H groups in total. The molecule has 0 saturated heterocycles. The highest BCUT2D eigenvalue weighted by Gasteiger charge is 2.23. The Labute approximate surface area is 115 Å². The Balaban J connectivity index is 2.05. The second-order valence-electron chi connectivity index (χ2n) is 5.71. The summed E-state index contributed by atoms with van der Waals surface area (Å²) in [6.45, 7) is 6.33. The maximum Gasteiger partial charge on any atom is 0.0478 e. The predicted octanol–water partition coefficient (Wildman–Crippen LogP) is 3.49. The van der Waals surface area contributed by atoms with Crippen molar-refractivity contribution in [3.63, 3.8) is 0 Å². The van der Waals surface area contributed by atoms with E-state index in [4.69, 9.17) is 5.73 Å². The van der Waals surface area contributed by atoms with Gasteiger partial charge in [-0.05, 0) is 51.3 Å². The Morgan fingerprint density at radius 2 is 2.06 bits per heavy atom. The van der Waals surface area contributed by atoms with E-state index in [0.29, 0.717) is 6.04 Å². The molecule has 2 rings (SSSR count). The molecule has 0 aliphatic heterocycles. The molecule has 0 spiro atoms. The number of nitrogens with zero attached hydrogens (tertiary/aromatic N) is 1. The summed E-state index contributed by atoms with van der Waals surface area (Å²) in [5.74, 6) is 0.893. The average Bonchev–Trinajstić information content (AvgIpc) is 2.91. The molecule has 0 aromatic carbocycles. The number of hydrogen-bond donors (Lipinski definition) is 1. The van der Waals surface area contributed by atoms with E-state index in [9.17, 15) is 0 Å². The molecular formula is C15H26N2S. The predicted molar refractivity (Wildman–Crippen MR) is 80.2 cm³/mol. The van der Waals surface area contributed by atoms with E-state index in [2.05, 4.69) is 31.9 Å². The molecule has 1 atom stereocenters. The molecule has 1 heterocycles. The third kappa shape index (κ3) is 3.14. The van der Waals surface area contributed by atoms with Crippen molar-refractivity contribution in [3.05, 3.63) is 21.4 Å². The lowest BCUT2D eigenvalue weighted by Gasteiger charge is -2.29. The fourth-order valence-electron chi connectivity index (χ4n) is 3.25. The quantitative estimate of drug-likeness (QED) is 0.884. The van der Waals surface area contributed by atoms with Gasteiger partial charge in [-0.15, -0.1) is 11.3 Å². The zero-order chi connectivity index (χ0) is 13.1. The zero-order valence-electron chi connectivity index (χ0n) is 11.9. The lowest BCUT2D eigenvalue weighted by molar-refractivity contribution is 0.212. The maximum atomic E-state index is 6.02. The smallest absolute Gasteiger partial charge is 0.0478 e. The van der Waals surface area contributed by atoms with E-state index in [1.807, 2.05) is 11.3 Å². The minimum Gasteiger partial charge on any atom is -0.329 e. The SMILES string of the molecule is Cc1cc(C(CN)N(C)CC2CCCC2)c(C)s1. The van der Waals surface area contributed by atoms with Crippen LogP contribution in [-0.2, 0) is 0 Å². The van der Waals surface area contributed by atoms with E-state index >= 15 is 0 Å². The normalized spacial score (nSPS) is 18.7. The van der Waals surface area contributed by atoms with Crippen LogP contribution >= 0.6 is 11.3 Å². The highest BCUT2D eigenvalue weighted by Crippen LogP contribution is 2.31. The average molecular weight is 266 g/mol. The molecule has 1 aromatic rings. The van der Waals surface area contributed by atoms with Crippen molar-refractivity contribution in [2.45, 2.75) is 45.6 Å². The Morgan fingerprint density at radius 1 is 1.39 bits per heavy atom. The topological polar surface area (TPSA) is 29.3 Å². The van der Waals surface area contributed by atoms with Crippen LogP contribution in [0.1, 0.15) is 47.0 Å². The summed E-state index contributed by atoms with van der Waals surface area (Å²) in [5.41, 5.74) is 7.47. The van der Waals surface area contributed by atoms with Crippen LogP contribution < -0.4 is 5.73 Å². The fourth-order valence-corrected chi connectivity index (χ4v) is 4.23. The van der Waals surface area contributed by atoms with Crippen molar-refractivity contribution in [1.29, 1.82) is 0 Å². The van der Waals surface area contributed by atoms with Gasteiger partial charge >= 0.3 is 0 Å². The zero-order valence-corrected chi connectivity index (χ0v) is 12.7. The van der Waals surface area contributed by atoms with Crippen molar-refractivity contribution in [2.75, 3.05) is 20.1 Å². The van der Waals surface area contributed by atoms with Gasteiger partial charge in [0.05, 0.1) is 0 Å². The summed E-state index contributed by atoms with van der Waals surface area (Å²) in [6.07, 6.45) is 5.65. The number of nitrogens with two attached hydrogens (primary N) is 1. The third-order valence-corrected chi connectivity index (χ3v) is 5.20. The first-order chi connectivity index (χ1) is 8.61. The van der Waals surface area contributed by atoms with Crippen LogP contribution in [0.3, 0.4) is 0 Å². The Hall–Kier alpha value is -0.380. The molecule has 3 heteroatoms. The van der Waals surface area contributed by atoms with Crippen LogP contribution in [0.5, 0.6) is 0 Å². The first-order valence-corrected chi connectivity index (χ1v) is 7.90. The minimum absolute atomic E-state index is 0.399. The molecule has 0 amide bonds. The Kier molecular flexibility index (Phi) is 4.82. The first kappa shape index (κ1) is 14.0. The molecule has 1 saturated carbocycles. The molecule has 0 radical (unpaired) electrons. The van der Waals surface area contributed by atoms with E-state index in [0.717, 1.165) is 12.5 Å². The van der Waals surface area contributed by atoms with Crippen LogP contribution in [0.15, 0.2) is 6.07 Å². The molecule has 102 valence electrons. The van der Waals surface area contributed by atoms with Crippen LogP contribution in [0, 0.1) is 19.8 Å². The van der Waals surface area contributed by atoms with Crippen LogP contribution in [0.2, 0.25) is 0 Å². The number of likely N-dealkylation sites (N-methyl/N-ethyl adjacent to an activating group) is 1. The van der Waals surface area contributed by atoms with Crippen molar-refractivity contribution < 1.29 is 0 Å². The summed E-state index contributed by atoms with van der Waals surface area (Å²) in [6, 6.07) is 2.72. The fraction of sp³-hybridized carbons (Fsp3) is 0.733. The largest absolute Gasteiger partial charge is 0.329 e. The van der Waals surface area contributed by atoms with Gasteiger partial charge < -0.3 is 5.73 Å². The summed E-state index contributed by atoms with van der Waals surface area (Å²) in [4.78, 5) is 5.31. The van der Waals surface area contributed by atoms with Gasteiger partial charge in [-0.3, -0.25) is 4.90 Å². The van der Waals surface area contributed by atoms with Gasteiger partial charge in [-0.1, -0.05) is 12.8 Å². The van der Waals surface area contributed by atoms with Gasteiger partial charge in [0.15, 0.2) is 0 Å². The van der Waals surface area contributed by atoms with Crippen molar-refractivity contribution >= 4 is 11.3 Å². The van der Waals surface area contributed by atoms with Crippen molar-refractivity contribution in [1.82, 2.24) is 4.90 Å². The van der Waals surface area contributed by atoms with E-state index in [-0.39, 0.29) is 0 Å². The van der Waals surface area contributed by atoms with Gasteiger partial charge in [0, 0.05) is 28.9 Å². The van der Waals surface area contributed by atoms with Crippen LogP contribution in [0.25, 0.3) is 0 Å². The number of rotatable bonds is 5. The molecule has 1 aliphatic carbocycles. The number of aryl methyl sites for hydroxylation is 2. The van der Waals surface area contributed by atoms with Gasteiger partial charge in [0.1, 0.15) is 0 Å². The van der Waals surface area contributed by atoms with Gasteiger partial charge in [-0.25, -0.2) is 0 Å². The molecule has 1 fully saturated rings. The first-order valence-electron chi connectivity index (χ1n) is 7.09. The highest BCUT2D eigenvalue weighted by molar-refractivity contribution is 7.12. The summed E-state index contributed by atoms with van der Waals surface area (Å²) < 4.78 is 0. The molecule has 0 bridgehead atoms. The molecule has 2 nitrogen and oxygen atoms in total. The standard InChI is InChI=1S/C15H26N2S/c1-11-8-14(12(2)18-11)15(9-16)17(3)10-13-6-4-5-7-13/h8,13,15H,4-7,9-10,16H2,1-3H3. The van der Waals surface area contributed by atoms with E-state index < -0.39 is 0 Å². The second-order valence-corrected chi connectivity index (χ2v) is 7.17.